The van der Waals surface area contributed by atoms with Crippen LogP contribution in [0.25, 0.3) is 0 Å². The molecular formula is C22H23N3O3. The third-order valence-corrected chi connectivity index (χ3v) is 5.05. The van der Waals surface area contributed by atoms with Crippen LogP contribution in [0.2, 0.25) is 0 Å². The number of benzene rings is 1. The molecule has 0 saturated heterocycles. The highest BCUT2D eigenvalue weighted by Gasteiger charge is 2.18. The Morgan fingerprint density at radius 2 is 1.93 bits per heavy atom. The predicted octanol–water partition coefficient (Wildman–Crippen LogP) is 2.93. The number of nitrogens with zero attached hydrogens (tertiary/aromatic N) is 3. The number of ether oxygens (including phenoxy) is 2. The fourth-order valence-corrected chi connectivity index (χ4v) is 3.38. The molecule has 2 aromatic heterocycles. The van der Waals surface area contributed by atoms with Crippen molar-refractivity contribution in [2.24, 2.45) is 7.05 Å². The van der Waals surface area contributed by atoms with E-state index in [1.165, 1.54) is 11.1 Å². The lowest BCUT2D eigenvalue weighted by molar-refractivity contribution is 0.300. The molecule has 0 unspecified atom stereocenters. The summed E-state index contributed by atoms with van der Waals surface area (Å²) < 4.78 is 12.7. The van der Waals surface area contributed by atoms with E-state index in [0.29, 0.717) is 6.61 Å². The molecule has 0 amide bonds. The Morgan fingerprint density at radius 1 is 1.07 bits per heavy atom. The van der Waals surface area contributed by atoms with Crippen molar-refractivity contribution < 1.29 is 9.47 Å². The van der Waals surface area contributed by atoms with Gasteiger partial charge in [-0.3, -0.25) is 9.78 Å². The predicted molar refractivity (Wildman–Crippen MR) is 108 cm³/mol. The average Bonchev–Trinajstić information content (AvgIpc) is 2.74. The van der Waals surface area contributed by atoms with Crippen LogP contribution in [0.15, 0.2) is 59.7 Å². The van der Waals surface area contributed by atoms with Crippen LogP contribution in [0.1, 0.15) is 16.8 Å². The van der Waals surface area contributed by atoms with E-state index in [0.717, 1.165) is 42.4 Å². The van der Waals surface area contributed by atoms with Crippen molar-refractivity contribution in [1.29, 1.82) is 0 Å². The summed E-state index contributed by atoms with van der Waals surface area (Å²) in [6.07, 6.45) is 4.55. The third-order valence-electron chi connectivity index (χ3n) is 5.05. The fraction of sp³-hybridized carbons (Fsp3) is 0.273. The zero-order valence-corrected chi connectivity index (χ0v) is 16.1. The number of aromatic nitrogens is 2. The second kappa shape index (κ2) is 7.76. The molecule has 0 N–H and O–H groups in total. The molecular weight excluding hydrogens is 354 g/mol. The standard InChI is InChI=1S/C22H23N3O3/c1-24-14-19(5-8-22(24)26)25-10-9-16-3-6-20(11-17(16)13-25)28-15-18-4-7-21(27-2)12-23-18/h3-8,11-12,14H,9-10,13,15H2,1-2H3. The van der Waals surface area contributed by atoms with Crippen LogP contribution in [0.3, 0.4) is 0 Å². The maximum atomic E-state index is 11.6. The molecule has 28 heavy (non-hydrogen) atoms. The lowest BCUT2D eigenvalue weighted by Crippen LogP contribution is -2.31. The van der Waals surface area contributed by atoms with Gasteiger partial charge in [0.25, 0.3) is 0 Å². The molecule has 1 aliphatic heterocycles. The number of rotatable bonds is 5. The Kier molecular flexibility index (Phi) is 5.02. The van der Waals surface area contributed by atoms with E-state index < -0.39 is 0 Å². The molecule has 4 rings (SSSR count). The first-order chi connectivity index (χ1) is 13.6. The normalized spacial score (nSPS) is 13.1. The lowest BCUT2D eigenvalue weighted by atomic mass is 9.99. The van der Waals surface area contributed by atoms with Crippen molar-refractivity contribution >= 4 is 5.69 Å². The summed E-state index contributed by atoms with van der Waals surface area (Å²) in [4.78, 5) is 18.3. The van der Waals surface area contributed by atoms with Crippen molar-refractivity contribution in [1.82, 2.24) is 9.55 Å². The molecule has 3 aromatic rings. The summed E-state index contributed by atoms with van der Waals surface area (Å²) in [5, 5.41) is 0. The van der Waals surface area contributed by atoms with Crippen molar-refractivity contribution in [3.63, 3.8) is 0 Å². The lowest BCUT2D eigenvalue weighted by Gasteiger charge is -2.31. The number of pyridine rings is 2. The summed E-state index contributed by atoms with van der Waals surface area (Å²) in [5.41, 5.74) is 4.51. The summed E-state index contributed by atoms with van der Waals surface area (Å²) in [6.45, 7) is 2.14. The van der Waals surface area contributed by atoms with Crippen LogP contribution in [0.5, 0.6) is 11.5 Å². The maximum absolute atomic E-state index is 11.6. The Labute approximate surface area is 164 Å². The number of anilines is 1. The second-order valence-electron chi connectivity index (χ2n) is 6.92. The van der Waals surface area contributed by atoms with Gasteiger partial charge in [-0.05, 0) is 47.9 Å². The van der Waals surface area contributed by atoms with Gasteiger partial charge in [-0.2, -0.15) is 0 Å². The molecule has 1 aromatic carbocycles. The van der Waals surface area contributed by atoms with Crippen LogP contribution < -0.4 is 19.9 Å². The zero-order valence-electron chi connectivity index (χ0n) is 16.1. The van der Waals surface area contributed by atoms with Gasteiger partial charge >= 0.3 is 0 Å². The summed E-state index contributed by atoms with van der Waals surface area (Å²) in [7, 11) is 3.40. The number of hydrogen-bond acceptors (Lipinski definition) is 5. The molecule has 6 heteroatoms. The first kappa shape index (κ1) is 18.1. The Bertz CT molecular complexity index is 1030. The molecule has 0 radical (unpaired) electrons. The number of hydrogen-bond donors (Lipinski definition) is 0. The van der Waals surface area contributed by atoms with Crippen LogP contribution >= 0.6 is 0 Å². The van der Waals surface area contributed by atoms with Gasteiger partial charge in [0.15, 0.2) is 0 Å². The van der Waals surface area contributed by atoms with Gasteiger partial charge in [-0.25, -0.2) is 0 Å². The largest absolute Gasteiger partial charge is 0.495 e. The quantitative estimate of drug-likeness (QED) is 0.684. The molecule has 0 saturated carbocycles. The Hall–Kier alpha value is -3.28. The van der Waals surface area contributed by atoms with Crippen LogP contribution in [0, 0.1) is 0 Å². The van der Waals surface area contributed by atoms with E-state index in [2.05, 4.69) is 22.0 Å². The van der Waals surface area contributed by atoms with Crippen LogP contribution in [-0.2, 0) is 26.6 Å². The fourth-order valence-electron chi connectivity index (χ4n) is 3.38. The Balaban J connectivity index is 1.46. The van der Waals surface area contributed by atoms with Gasteiger partial charge in [0.05, 0.1) is 24.7 Å². The Morgan fingerprint density at radius 3 is 2.68 bits per heavy atom. The van der Waals surface area contributed by atoms with Gasteiger partial charge in [-0.1, -0.05) is 6.07 Å². The van der Waals surface area contributed by atoms with Crippen molar-refractivity contribution in [2.45, 2.75) is 19.6 Å². The highest BCUT2D eigenvalue weighted by atomic mass is 16.5. The molecule has 0 atom stereocenters. The van der Waals surface area contributed by atoms with Crippen molar-refractivity contribution in [3.8, 4) is 11.5 Å². The maximum Gasteiger partial charge on any atom is 0.250 e. The molecule has 144 valence electrons. The van der Waals surface area contributed by atoms with E-state index >= 15 is 0 Å². The summed E-state index contributed by atoms with van der Waals surface area (Å²) in [6, 6.07) is 13.6. The highest BCUT2D eigenvalue weighted by molar-refractivity contribution is 5.49. The molecule has 0 spiro atoms. The monoisotopic (exact) mass is 377 g/mol. The molecule has 0 fully saturated rings. The SMILES string of the molecule is COc1ccc(COc2ccc3c(c2)CN(c2ccc(=O)n(C)c2)CC3)nc1. The van der Waals surface area contributed by atoms with Crippen molar-refractivity contribution in [2.75, 3.05) is 18.6 Å². The second-order valence-corrected chi connectivity index (χ2v) is 6.92. The summed E-state index contributed by atoms with van der Waals surface area (Å²) in [5.74, 6) is 1.56. The first-order valence-corrected chi connectivity index (χ1v) is 9.27. The average molecular weight is 377 g/mol. The molecule has 0 bridgehead atoms. The zero-order chi connectivity index (χ0) is 19.5. The minimum absolute atomic E-state index is 0.00369. The minimum atomic E-state index is 0.00369. The van der Waals surface area contributed by atoms with Gasteiger partial charge in [0.2, 0.25) is 5.56 Å². The minimum Gasteiger partial charge on any atom is -0.495 e. The topological polar surface area (TPSA) is 56.6 Å². The number of fused-ring (bicyclic) bond motifs is 1. The molecule has 1 aliphatic rings. The van der Waals surface area contributed by atoms with Gasteiger partial charge in [0.1, 0.15) is 18.1 Å². The molecule has 3 heterocycles. The van der Waals surface area contributed by atoms with E-state index in [1.807, 2.05) is 30.5 Å². The van der Waals surface area contributed by atoms with Gasteiger partial charge in [0, 0.05) is 32.4 Å². The van der Waals surface area contributed by atoms with Gasteiger partial charge < -0.3 is 18.9 Å². The third kappa shape index (κ3) is 3.86. The van der Waals surface area contributed by atoms with Crippen LogP contribution in [0.4, 0.5) is 5.69 Å². The van der Waals surface area contributed by atoms with E-state index in [1.54, 1.807) is 31.0 Å². The van der Waals surface area contributed by atoms with Crippen molar-refractivity contribution in [3.05, 3.63) is 82.0 Å². The van der Waals surface area contributed by atoms with E-state index in [-0.39, 0.29) is 5.56 Å². The van der Waals surface area contributed by atoms with Crippen LogP contribution in [-0.4, -0.2) is 23.2 Å². The first-order valence-electron chi connectivity index (χ1n) is 9.27. The number of aryl methyl sites for hydroxylation is 1. The van der Waals surface area contributed by atoms with E-state index in [4.69, 9.17) is 9.47 Å². The molecule has 0 aliphatic carbocycles. The summed E-state index contributed by atoms with van der Waals surface area (Å²) >= 11 is 0. The highest BCUT2D eigenvalue weighted by Crippen LogP contribution is 2.27. The molecule has 6 nitrogen and oxygen atoms in total. The smallest absolute Gasteiger partial charge is 0.250 e. The van der Waals surface area contributed by atoms with E-state index in [9.17, 15) is 4.79 Å². The number of methoxy groups -OCH3 is 1. The van der Waals surface area contributed by atoms with Gasteiger partial charge in [-0.15, -0.1) is 0 Å².